The van der Waals surface area contributed by atoms with Gasteiger partial charge in [-0.3, -0.25) is 19.7 Å². The number of halogens is 1. The second-order valence-corrected chi connectivity index (χ2v) is 6.58. The molecule has 0 unspecified atom stereocenters. The number of nitro benzene ring substituents is 1. The van der Waals surface area contributed by atoms with Crippen molar-refractivity contribution in [3.05, 3.63) is 33.3 Å². The SMILES string of the molecule is O=C(COC(=O)CCC1CCCCC1)Nc1cc([N+](=O)[O-])ccc1Cl. The van der Waals surface area contributed by atoms with E-state index in [1.54, 1.807) is 0 Å². The van der Waals surface area contributed by atoms with Crippen molar-refractivity contribution >= 4 is 34.9 Å². The number of hydrogen-bond donors (Lipinski definition) is 1. The Bertz CT molecular complexity index is 644. The number of ether oxygens (including phenoxy) is 1. The highest BCUT2D eigenvalue weighted by Crippen LogP contribution is 2.28. The Morgan fingerprint density at radius 1 is 1.28 bits per heavy atom. The number of rotatable bonds is 7. The van der Waals surface area contributed by atoms with E-state index in [9.17, 15) is 19.7 Å². The smallest absolute Gasteiger partial charge is 0.306 e. The summed E-state index contributed by atoms with van der Waals surface area (Å²) in [5.41, 5.74) is -0.0803. The maximum Gasteiger partial charge on any atom is 0.306 e. The molecule has 0 spiro atoms. The van der Waals surface area contributed by atoms with Crippen molar-refractivity contribution < 1.29 is 19.2 Å². The Morgan fingerprint density at radius 2 is 2.00 bits per heavy atom. The molecule has 0 saturated heterocycles. The molecule has 8 heteroatoms. The fourth-order valence-corrected chi connectivity index (χ4v) is 3.09. The third-order valence-electron chi connectivity index (χ3n) is 4.28. The highest BCUT2D eigenvalue weighted by molar-refractivity contribution is 6.33. The maximum atomic E-state index is 11.8. The van der Waals surface area contributed by atoms with Crippen LogP contribution in [0.5, 0.6) is 0 Å². The van der Waals surface area contributed by atoms with Gasteiger partial charge in [0.15, 0.2) is 6.61 Å². The first kappa shape index (κ1) is 19.2. The summed E-state index contributed by atoms with van der Waals surface area (Å²) in [6.45, 7) is -0.442. The number of nitro groups is 1. The zero-order valence-corrected chi connectivity index (χ0v) is 14.6. The van der Waals surface area contributed by atoms with E-state index in [1.165, 1.54) is 31.4 Å². The first-order valence-electron chi connectivity index (χ1n) is 8.35. The fraction of sp³-hybridized carbons (Fsp3) is 0.529. The Labute approximate surface area is 150 Å². The van der Waals surface area contributed by atoms with Crippen LogP contribution < -0.4 is 5.32 Å². The summed E-state index contributed by atoms with van der Waals surface area (Å²) in [5, 5.41) is 13.3. The molecule has 25 heavy (non-hydrogen) atoms. The molecule has 1 aromatic carbocycles. The van der Waals surface area contributed by atoms with E-state index in [-0.39, 0.29) is 16.4 Å². The molecule has 0 atom stereocenters. The molecular weight excluding hydrogens is 348 g/mol. The predicted molar refractivity (Wildman–Crippen MR) is 93.5 cm³/mol. The number of nitrogens with one attached hydrogen (secondary N) is 1. The summed E-state index contributed by atoms with van der Waals surface area (Å²) in [5.74, 6) is -0.432. The number of carbonyl (C=O) groups is 2. The summed E-state index contributed by atoms with van der Waals surface area (Å²) >= 11 is 5.90. The average molecular weight is 369 g/mol. The van der Waals surface area contributed by atoms with E-state index < -0.39 is 23.4 Å². The lowest BCUT2D eigenvalue weighted by Gasteiger charge is -2.20. The molecule has 0 bridgehead atoms. The van der Waals surface area contributed by atoms with Gasteiger partial charge in [0, 0.05) is 18.6 Å². The van der Waals surface area contributed by atoms with Crippen molar-refractivity contribution in [3.63, 3.8) is 0 Å². The Morgan fingerprint density at radius 3 is 2.68 bits per heavy atom. The van der Waals surface area contributed by atoms with Crippen molar-refractivity contribution in [2.24, 2.45) is 5.92 Å². The van der Waals surface area contributed by atoms with E-state index in [0.717, 1.165) is 25.3 Å². The number of non-ortho nitro benzene ring substituents is 1. The zero-order chi connectivity index (χ0) is 18.2. The summed E-state index contributed by atoms with van der Waals surface area (Å²) in [7, 11) is 0. The van der Waals surface area contributed by atoms with Gasteiger partial charge in [-0.15, -0.1) is 0 Å². The highest BCUT2D eigenvalue weighted by Gasteiger charge is 2.17. The second-order valence-electron chi connectivity index (χ2n) is 6.17. The third kappa shape index (κ3) is 6.34. The molecule has 1 fully saturated rings. The molecular formula is C17H21ClN2O5. The molecule has 1 N–H and O–H groups in total. The quantitative estimate of drug-likeness (QED) is 0.444. The predicted octanol–water partition coefficient (Wildman–Crippen LogP) is 4.09. The van der Waals surface area contributed by atoms with E-state index in [2.05, 4.69) is 5.32 Å². The molecule has 2 rings (SSSR count). The minimum absolute atomic E-state index is 0.110. The van der Waals surface area contributed by atoms with E-state index >= 15 is 0 Å². The van der Waals surface area contributed by atoms with Gasteiger partial charge in [0.05, 0.1) is 15.6 Å². The van der Waals surface area contributed by atoms with Gasteiger partial charge in [0.25, 0.3) is 11.6 Å². The highest BCUT2D eigenvalue weighted by atomic mass is 35.5. The van der Waals surface area contributed by atoms with Gasteiger partial charge in [-0.1, -0.05) is 43.7 Å². The Hall–Kier alpha value is -2.15. The van der Waals surface area contributed by atoms with Gasteiger partial charge < -0.3 is 10.1 Å². The molecule has 1 amide bonds. The number of anilines is 1. The molecule has 1 aromatic rings. The normalized spacial score (nSPS) is 14.8. The second kappa shape index (κ2) is 9.36. The standard InChI is InChI=1S/C17H21ClN2O5/c18-14-8-7-13(20(23)24)10-15(14)19-16(21)11-25-17(22)9-6-12-4-2-1-3-5-12/h7-8,10,12H,1-6,9,11H2,(H,19,21). The summed E-state index contributed by atoms with van der Waals surface area (Å²) in [4.78, 5) is 33.7. The molecule has 0 heterocycles. The lowest BCUT2D eigenvalue weighted by molar-refractivity contribution is -0.384. The van der Waals surface area contributed by atoms with Crippen molar-refractivity contribution in [3.8, 4) is 0 Å². The van der Waals surface area contributed by atoms with E-state index in [0.29, 0.717) is 12.3 Å². The largest absolute Gasteiger partial charge is 0.456 e. The molecule has 7 nitrogen and oxygen atoms in total. The minimum Gasteiger partial charge on any atom is -0.456 e. The van der Waals surface area contributed by atoms with Crippen molar-refractivity contribution in [1.29, 1.82) is 0 Å². The van der Waals surface area contributed by atoms with Crippen LogP contribution in [0.3, 0.4) is 0 Å². The van der Waals surface area contributed by atoms with E-state index in [1.807, 2.05) is 0 Å². The average Bonchev–Trinajstić information content (AvgIpc) is 2.60. The van der Waals surface area contributed by atoms with Gasteiger partial charge in [-0.2, -0.15) is 0 Å². The number of hydrogen-bond acceptors (Lipinski definition) is 5. The lowest BCUT2D eigenvalue weighted by Crippen LogP contribution is -2.21. The molecule has 1 aliphatic rings. The lowest BCUT2D eigenvalue weighted by atomic mass is 9.86. The van der Waals surface area contributed by atoms with Gasteiger partial charge in [0.1, 0.15) is 0 Å². The maximum absolute atomic E-state index is 11.8. The topological polar surface area (TPSA) is 98.5 Å². The molecule has 136 valence electrons. The van der Waals surface area contributed by atoms with E-state index in [4.69, 9.17) is 16.3 Å². The van der Waals surface area contributed by atoms with Crippen LogP contribution in [-0.2, 0) is 14.3 Å². The molecule has 1 aliphatic carbocycles. The van der Waals surface area contributed by atoms with Gasteiger partial charge in [0.2, 0.25) is 0 Å². The van der Waals surface area contributed by atoms with Crippen molar-refractivity contribution in [1.82, 2.24) is 0 Å². The number of carbonyl (C=O) groups excluding carboxylic acids is 2. The van der Waals surface area contributed by atoms with Gasteiger partial charge in [-0.05, 0) is 18.4 Å². The van der Waals surface area contributed by atoms with Crippen LogP contribution in [0.25, 0.3) is 0 Å². The molecule has 0 aromatic heterocycles. The summed E-state index contributed by atoms with van der Waals surface area (Å²) in [6.07, 6.45) is 7.09. The van der Waals surface area contributed by atoms with Crippen LogP contribution in [0.2, 0.25) is 5.02 Å². The number of nitrogens with zero attached hydrogens (tertiary/aromatic N) is 1. The van der Waals surface area contributed by atoms with Crippen molar-refractivity contribution in [2.75, 3.05) is 11.9 Å². The monoisotopic (exact) mass is 368 g/mol. The Kier molecular flexibility index (Phi) is 7.18. The summed E-state index contributed by atoms with van der Waals surface area (Å²) < 4.78 is 4.96. The Balaban J connectivity index is 1.75. The van der Waals surface area contributed by atoms with Gasteiger partial charge >= 0.3 is 5.97 Å². The van der Waals surface area contributed by atoms with Crippen LogP contribution in [0.1, 0.15) is 44.9 Å². The van der Waals surface area contributed by atoms with Crippen molar-refractivity contribution in [2.45, 2.75) is 44.9 Å². The van der Waals surface area contributed by atoms with Gasteiger partial charge in [-0.25, -0.2) is 0 Å². The van der Waals surface area contributed by atoms with Crippen LogP contribution >= 0.6 is 11.6 Å². The summed E-state index contributed by atoms with van der Waals surface area (Å²) in [6, 6.07) is 3.72. The number of esters is 1. The first-order valence-corrected chi connectivity index (χ1v) is 8.73. The van der Waals surface area contributed by atoms with Crippen LogP contribution in [0.15, 0.2) is 18.2 Å². The van der Waals surface area contributed by atoms with Crippen LogP contribution in [0, 0.1) is 16.0 Å². The number of benzene rings is 1. The van der Waals surface area contributed by atoms with Crippen LogP contribution in [-0.4, -0.2) is 23.4 Å². The molecule has 1 saturated carbocycles. The first-order chi connectivity index (χ1) is 12.0. The minimum atomic E-state index is -0.589. The number of amides is 1. The zero-order valence-electron chi connectivity index (χ0n) is 13.8. The molecule has 0 aliphatic heterocycles. The van der Waals surface area contributed by atoms with Crippen LogP contribution in [0.4, 0.5) is 11.4 Å². The molecule has 0 radical (unpaired) electrons. The fourth-order valence-electron chi connectivity index (χ4n) is 2.92. The third-order valence-corrected chi connectivity index (χ3v) is 4.61.